The molecule has 0 aromatic rings. The Hall–Kier alpha value is -1.67. The zero-order valence-electron chi connectivity index (χ0n) is 18.5. The van der Waals surface area contributed by atoms with Crippen molar-refractivity contribution >= 4 is 17.7 Å². The second-order valence-electron chi connectivity index (χ2n) is 9.04. The first-order valence-corrected chi connectivity index (χ1v) is 11.5. The molecule has 0 saturated carbocycles. The van der Waals surface area contributed by atoms with Crippen LogP contribution in [0.2, 0.25) is 0 Å². The number of carbonyl (C=O) groups excluding carboxylic acids is 3. The minimum absolute atomic E-state index is 0.0211. The van der Waals surface area contributed by atoms with E-state index in [0.717, 1.165) is 38.5 Å². The number of rotatable bonds is 11. The van der Waals surface area contributed by atoms with Crippen LogP contribution in [0.1, 0.15) is 65.2 Å². The highest BCUT2D eigenvalue weighted by Gasteiger charge is 2.74. The minimum atomic E-state index is -0.903. The summed E-state index contributed by atoms with van der Waals surface area (Å²) in [6.45, 7) is 4.69. The number of aliphatic hydroxyl groups excluding tert-OH is 1. The third kappa shape index (κ3) is 3.96. The van der Waals surface area contributed by atoms with Gasteiger partial charge in [0.2, 0.25) is 17.7 Å². The Bertz CT molecular complexity index is 657. The smallest absolute Gasteiger partial charge is 0.246 e. The molecule has 6 atom stereocenters. The van der Waals surface area contributed by atoms with Gasteiger partial charge in [0.1, 0.15) is 11.6 Å². The summed E-state index contributed by atoms with van der Waals surface area (Å²) in [5.74, 6) is -1.59. The van der Waals surface area contributed by atoms with Gasteiger partial charge in [-0.2, -0.15) is 0 Å². The van der Waals surface area contributed by atoms with Crippen LogP contribution in [-0.4, -0.2) is 71.7 Å². The number of ether oxygens (including phenoxy) is 1. The summed E-state index contributed by atoms with van der Waals surface area (Å²) in [5, 5.41) is 14.7. The molecular formula is C22H37N3O5. The van der Waals surface area contributed by atoms with E-state index >= 15 is 0 Å². The minimum Gasteiger partial charge on any atom is -0.396 e. The highest BCUT2D eigenvalue weighted by molar-refractivity contribution is 5.98. The summed E-state index contributed by atoms with van der Waals surface area (Å²) in [6.07, 6.45) is 6.12. The van der Waals surface area contributed by atoms with E-state index < -0.39 is 23.5 Å². The lowest BCUT2D eigenvalue weighted by Gasteiger charge is -2.34. The summed E-state index contributed by atoms with van der Waals surface area (Å²) < 4.78 is 6.32. The summed E-state index contributed by atoms with van der Waals surface area (Å²) in [6, 6.07) is -0.667. The summed E-state index contributed by atoms with van der Waals surface area (Å²) >= 11 is 0. The predicted molar refractivity (Wildman–Crippen MR) is 111 cm³/mol. The van der Waals surface area contributed by atoms with E-state index in [9.17, 15) is 14.4 Å². The summed E-state index contributed by atoms with van der Waals surface area (Å²) in [4.78, 5) is 41.1. The molecule has 3 rings (SSSR count). The van der Waals surface area contributed by atoms with Gasteiger partial charge in [-0.1, -0.05) is 26.2 Å². The van der Waals surface area contributed by atoms with E-state index in [4.69, 9.17) is 9.84 Å². The van der Waals surface area contributed by atoms with Crippen LogP contribution in [0.3, 0.4) is 0 Å². The van der Waals surface area contributed by atoms with Gasteiger partial charge in [0.15, 0.2) is 0 Å². The average Bonchev–Trinajstić information content (AvgIpc) is 3.35. The van der Waals surface area contributed by atoms with Crippen LogP contribution in [0, 0.1) is 11.8 Å². The van der Waals surface area contributed by atoms with Gasteiger partial charge in [0, 0.05) is 26.2 Å². The molecule has 2 bridgehead atoms. The number of aliphatic hydroxyl groups is 1. The predicted octanol–water partition coefficient (Wildman–Crippen LogP) is 0.965. The molecule has 3 heterocycles. The lowest BCUT2D eigenvalue weighted by Crippen LogP contribution is -2.56. The maximum absolute atomic E-state index is 13.5. The van der Waals surface area contributed by atoms with Crippen LogP contribution in [0.4, 0.5) is 0 Å². The van der Waals surface area contributed by atoms with Crippen molar-refractivity contribution < 1.29 is 24.2 Å². The molecule has 0 radical (unpaired) electrons. The first-order valence-electron chi connectivity index (χ1n) is 11.5. The Balaban J connectivity index is 1.84. The Morgan fingerprint density at radius 1 is 1.27 bits per heavy atom. The topological polar surface area (TPSA) is 108 Å². The number of nitrogens with zero attached hydrogens (tertiary/aromatic N) is 1. The van der Waals surface area contributed by atoms with E-state index in [-0.39, 0.29) is 36.5 Å². The largest absolute Gasteiger partial charge is 0.396 e. The molecular weight excluding hydrogens is 386 g/mol. The Labute approximate surface area is 179 Å². The van der Waals surface area contributed by atoms with Gasteiger partial charge in [-0.3, -0.25) is 14.4 Å². The normalized spacial score (nSPS) is 32.9. The van der Waals surface area contributed by atoms with Gasteiger partial charge in [0.05, 0.1) is 17.9 Å². The van der Waals surface area contributed by atoms with Crippen molar-refractivity contribution in [3.05, 3.63) is 0 Å². The van der Waals surface area contributed by atoms with Crippen LogP contribution in [0.5, 0.6) is 0 Å². The van der Waals surface area contributed by atoms with Crippen LogP contribution >= 0.6 is 0 Å². The first-order chi connectivity index (χ1) is 14.4. The number of likely N-dealkylation sites (tertiary alicyclic amines) is 1. The monoisotopic (exact) mass is 423 g/mol. The van der Waals surface area contributed by atoms with Crippen molar-refractivity contribution in [1.82, 2.24) is 15.5 Å². The highest BCUT2D eigenvalue weighted by atomic mass is 16.5. The van der Waals surface area contributed by atoms with Crippen LogP contribution in [0.25, 0.3) is 0 Å². The average molecular weight is 424 g/mol. The number of amides is 3. The third-order valence-corrected chi connectivity index (χ3v) is 7.02. The molecule has 0 aromatic heterocycles. The lowest BCUT2D eigenvalue weighted by atomic mass is 9.70. The van der Waals surface area contributed by atoms with E-state index in [1.807, 2.05) is 6.92 Å². The SMILES string of the molecule is CCCC(C)NC(=O)C1N(CCCCCCO)C(=O)[C@@H]2[C@H](C(=O)NC)[C@@H]3CCC12O3. The van der Waals surface area contributed by atoms with Gasteiger partial charge >= 0.3 is 0 Å². The molecule has 0 aromatic carbocycles. The zero-order valence-corrected chi connectivity index (χ0v) is 18.5. The molecule has 3 N–H and O–H groups in total. The van der Waals surface area contributed by atoms with Crippen molar-refractivity contribution in [2.45, 2.75) is 89.0 Å². The number of unbranched alkanes of at least 4 members (excludes halogenated alkanes) is 3. The van der Waals surface area contributed by atoms with Gasteiger partial charge in [-0.15, -0.1) is 0 Å². The van der Waals surface area contributed by atoms with Crippen molar-refractivity contribution in [3.8, 4) is 0 Å². The highest BCUT2D eigenvalue weighted by Crippen LogP contribution is 2.58. The maximum Gasteiger partial charge on any atom is 0.246 e. The first kappa shape index (κ1) is 23.0. The molecule has 30 heavy (non-hydrogen) atoms. The quantitative estimate of drug-likeness (QED) is 0.429. The molecule has 3 unspecified atom stereocenters. The van der Waals surface area contributed by atoms with Crippen LogP contribution in [-0.2, 0) is 19.1 Å². The summed E-state index contributed by atoms with van der Waals surface area (Å²) in [5.41, 5.74) is -0.903. The number of hydrogen-bond acceptors (Lipinski definition) is 5. The fourth-order valence-corrected chi connectivity index (χ4v) is 5.74. The fourth-order valence-electron chi connectivity index (χ4n) is 5.74. The standard InChI is InChI=1S/C22H37N3O5/c1-4-9-14(2)24-20(28)18-22-11-10-15(30-22)16(19(27)23-3)17(22)21(29)25(18)12-7-5-6-8-13-26/h14-18,26H,4-13H2,1-3H3,(H,23,27)(H,24,28)/t14?,15-,16+,17-,18?,22?/m0/s1. The second-order valence-corrected chi connectivity index (χ2v) is 9.04. The Kier molecular flexibility index (Phi) is 7.39. The third-order valence-electron chi connectivity index (χ3n) is 7.02. The number of carbonyl (C=O) groups is 3. The molecule has 3 aliphatic heterocycles. The molecule has 1 spiro atoms. The number of fused-ring (bicyclic) bond motifs is 1. The van der Waals surface area contributed by atoms with E-state index in [1.165, 1.54) is 0 Å². The molecule has 8 heteroatoms. The fraction of sp³-hybridized carbons (Fsp3) is 0.864. The van der Waals surface area contributed by atoms with Gasteiger partial charge in [-0.05, 0) is 39.0 Å². The summed E-state index contributed by atoms with van der Waals surface area (Å²) in [7, 11) is 1.58. The van der Waals surface area contributed by atoms with Crippen LogP contribution in [0.15, 0.2) is 0 Å². The van der Waals surface area contributed by atoms with E-state index in [2.05, 4.69) is 17.6 Å². The lowest BCUT2D eigenvalue weighted by molar-refractivity contribution is -0.142. The van der Waals surface area contributed by atoms with E-state index in [1.54, 1.807) is 11.9 Å². The van der Waals surface area contributed by atoms with E-state index in [0.29, 0.717) is 19.4 Å². The van der Waals surface area contributed by atoms with Crippen molar-refractivity contribution in [2.24, 2.45) is 11.8 Å². The second kappa shape index (κ2) is 9.64. The molecule has 3 fully saturated rings. The molecule has 3 aliphatic rings. The maximum atomic E-state index is 13.5. The number of nitrogens with one attached hydrogen (secondary N) is 2. The number of hydrogen-bond donors (Lipinski definition) is 3. The molecule has 3 amide bonds. The Morgan fingerprint density at radius 2 is 2.00 bits per heavy atom. The molecule has 0 aliphatic carbocycles. The van der Waals surface area contributed by atoms with Gasteiger partial charge in [-0.25, -0.2) is 0 Å². The molecule has 170 valence electrons. The van der Waals surface area contributed by atoms with Crippen molar-refractivity contribution in [3.63, 3.8) is 0 Å². The van der Waals surface area contributed by atoms with Crippen molar-refractivity contribution in [1.29, 1.82) is 0 Å². The molecule has 8 nitrogen and oxygen atoms in total. The van der Waals surface area contributed by atoms with Crippen LogP contribution < -0.4 is 10.6 Å². The Morgan fingerprint density at radius 3 is 2.67 bits per heavy atom. The van der Waals surface area contributed by atoms with Gasteiger partial charge < -0.3 is 25.4 Å². The zero-order chi connectivity index (χ0) is 21.9. The van der Waals surface area contributed by atoms with Crippen molar-refractivity contribution in [2.75, 3.05) is 20.2 Å². The van der Waals surface area contributed by atoms with Gasteiger partial charge in [0.25, 0.3) is 0 Å². The molecule has 3 saturated heterocycles.